The highest BCUT2D eigenvalue weighted by molar-refractivity contribution is 5.73. The van der Waals surface area contributed by atoms with Crippen LogP contribution in [0.2, 0.25) is 0 Å². The molecule has 2 atom stereocenters. The molecular weight excluding hydrogens is 559 g/mol. The summed E-state index contributed by atoms with van der Waals surface area (Å²) < 4.78 is 82.6. The maximum Gasteiger partial charge on any atom is 0.490 e. The largest absolute Gasteiger partial charge is 0.490 e. The predicted octanol–water partition coefficient (Wildman–Crippen LogP) is 3.25. The molecule has 4 rings (SSSR count). The maximum atomic E-state index is 13.1. The number of hydrogen-bond acceptors (Lipinski definition) is 8. The van der Waals surface area contributed by atoms with Gasteiger partial charge in [0.05, 0.1) is 31.3 Å². The number of rotatable bonds is 5. The molecule has 2 saturated heterocycles. The number of halogens is 7. The van der Waals surface area contributed by atoms with Crippen molar-refractivity contribution in [1.82, 2.24) is 19.9 Å². The number of carboxylic acids is 2. The van der Waals surface area contributed by atoms with E-state index in [2.05, 4.69) is 31.8 Å². The second-order valence-electron chi connectivity index (χ2n) is 9.07. The van der Waals surface area contributed by atoms with Gasteiger partial charge in [-0.3, -0.25) is 4.98 Å². The Hall–Kier alpha value is -3.60. The van der Waals surface area contributed by atoms with Crippen molar-refractivity contribution in [3.63, 3.8) is 0 Å². The molecule has 2 N–H and O–H groups in total. The number of pyridine rings is 1. The topological polar surface area (TPSA) is 129 Å². The minimum Gasteiger partial charge on any atom is -0.475 e. The second-order valence-corrected chi connectivity index (χ2v) is 9.07. The Labute approximate surface area is 223 Å². The average molecular weight is 585 g/mol. The van der Waals surface area contributed by atoms with Crippen LogP contribution in [0.5, 0.6) is 0 Å². The zero-order valence-corrected chi connectivity index (χ0v) is 21.0. The molecular formula is C23H26F7N5O5. The van der Waals surface area contributed by atoms with Crippen LogP contribution < -0.4 is 4.90 Å². The van der Waals surface area contributed by atoms with E-state index < -0.39 is 30.1 Å². The molecule has 2 aliphatic heterocycles. The SMILES string of the molecule is CN1C[C@H](COCc2ccccn2)[C@]2(CCN(c3ncc(F)cn3)C2)C1.O=C(O)C(F)(F)F.O=C(O)C(F)(F)F. The lowest BCUT2D eigenvalue weighted by Crippen LogP contribution is -2.36. The summed E-state index contributed by atoms with van der Waals surface area (Å²) in [6.07, 6.45) is -4.82. The number of carbonyl (C=O) groups is 2. The van der Waals surface area contributed by atoms with Crippen LogP contribution in [0, 0.1) is 17.2 Å². The van der Waals surface area contributed by atoms with E-state index in [0.29, 0.717) is 18.5 Å². The van der Waals surface area contributed by atoms with E-state index in [0.717, 1.165) is 44.9 Å². The minimum atomic E-state index is -5.08. The first-order valence-corrected chi connectivity index (χ1v) is 11.5. The van der Waals surface area contributed by atoms with Gasteiger partial charge in [-0.05, 0) is 25.6 Å². The van der Waals surface area contributed by atoms with E-state index >= 15 is 0 Å². The molecule has 10 nitrogen and oxygen atoms in total. The van der Waals surface area contributed by atoms with Crippen molar-refractivity contribution in [3.8, 4) is 0 Å². The van der Waals surface area contributed by atoms with Crippen LogP contribution in [0.1, 0.15) is 12.1 Å². The lowest BCUT2D eigenvalue weighted by molar-refractivity contribution is -0.193. The first kappa shape index (κ1) is 32.6. The molecule has 0 amide bonds. The first-order chi connectivity index (χ1) is 18.5. The van der Waals surface area contributed by atoms with Crippen LogP contribution in [0.3, 0.4) is 0 Å². The normalized spacial score (nSPS) is 20.9. The number of hydrogen-bond donors (Lipinski definition) is 2. The highest BCUT2D eigenvalue weighted by Gasteiger charge is 2.50. The Morgan fingerprint density at radius 3 is 2.10 bits per heavy atom. The fraction of sp³-hybridized carbons (Fsp3) is 0.522. The van der Waals surface area contributed by atoms with Crippen LogP contribution >= 0.6 is 0 Å². The van der Waals surface area contributed by atoms with Crippen LogP contribution in [0.25, 0.3) is 0 Å². The van der Waals surface area contributed by atoms with Crippen molar-refractivity contribution < 1.29 is 55.3 Å². The van der Waals surface area contributed by atoms with Gasteiger partial charge in [-0.1, -0.05) is 6.07 Å². The smallest absolute Gasteiger partial charge is 0.475 e. The monoisotopic (exact) mass is 585 g/mol. The number of likely N-dealkylation sites (tertiary alicyclic amines) is 1. The summed E-state index contributed by atoms with van der Waals surface area (Å²) in [7, 11) is 2.16. The molecule has 0 unspecified atom stereocenters. The van der Waals surface area contributed by atoms with Gasteiger partial charge in [-0.2, -0.15) is 26.3 Å². The van der Waals surface area contributed by atoms with Crippen LogP contribution in [-0.2, 0) is 20.9 Å². The standard InChI is InChI=1S/C19H24FN5O.2C2HF3O2/c1-24-10-15(11-26-12-17-4-2-3-6-21-17)19(13-24)5-7-25(14-19)18-22-8-16(20)9-23-18;2*3-2(4,5)1(6)7/h2-4,6,8-9,15H,5,7,10-14H2,1H3;2*(H,6,7)/t15-,19-;;/m1../s1. The van der Waals surface area contributed by atoms with Crippen molar-refractivity contribution in [1.29, 1.82) is 0 Å². The Balaban J connectivity index is 0.000000333. The number of anilines is 1. The van der Waals surface area contributed by atoms with Gasteiger partial charge in [0.15, 0.2) is 5.82 Å². The Bertz CT molecular complexity index is 1080. The van der Waals surface area contributed by atoms with E-state index in [-0.39, 0.29) is 5.41 Å². The van der Waals surface area contributed by atoms with Crippen LogP contribution in [0.15, 0.2) is 36.8 Å². The summed E-state index contributed by atoms with van der Waals surface area (Å²) in [5.74, 6) is -4.84. The number of carboxylic acid groups (broad SMARTS) is 2. The fourth-order valence-corrected chi connectivity index (χ4v) is 4.32. The average Bonchev–Trinajstić information content (AvgIpc) is 3.42. The predicted molar refractivity (Wildman–Crippen MR) is 124 cm³/mol. The molecule has 222 valence electrons. The third-order valence-corrected chi connectivity index (χ3v) is 6.04. The summed E-state index contributed by atoms with van der Waals surface area (Å²) in [6.45, 7) is 5.13. The van der Waals surface area contributed by atoms with Crippen molar-refractivity contribution in [3.05, 3.63) is 48.3 Å². The van der Waals surface area contributed by atoms with Gasteiger partial charge >= 0.3 is 24.3 Å². The maximum absolute atomic E-state index is 13.1. The van der Waals surface area contributed by atoms with Gasteiger partial charge in [-0.25, -0.2) is 23.9 Å². The van der Waals surface area contributed by atoms with Crippen LogP contribution in [0.4, 0.5) is 36.7 Å². The Morgan fingerprint density at radius 1 is 1.02 bits per heavy atom. The molecule has 4 heterocycles. The van der Waals surface area contributed by atoms with E-state index in [1.54, 1.807) is 6.20 Å². The molecule has 0 aliphatic carbocycles. The fourth-order valence-electron chi connectivity index (χ4n) is 4.32. The summed E-state index contributed by atoms with van der Waals surface area (Å²) >= 11 is 0. The number of ether oxygens (including phenoxy) is 1. The molecule has 0 bridgehead atoms. The molecule has 0 saturated carbocycles. The molecule has 2 aliphatic rings. The van der Waals surface area contributed by atoms with E-state index in [4.69, 9.17) is 24.5 Å². The molecule has 2 aromatic heterocycles. The Morgan fingerprint density at radius 2 is 1.60 bits per heavy atom. The first-order valence-electron chi connectivity index (χ1n) is 11.5. The Kier molecular flexibility index (Phi) is 11.1. The van der Waals surface area contributed by atoms with Crippen molar-refractivity contribution in [2.75, 3.05) is 44.7 Å². The van der Waals surface area contributed by atoms with Crippen LogP contribution in [-0.4, -0.2) is 94.2 Å². The van der Waals surface area contributed by atoms with Crippen molar-refractivity contribution >= 4 is 17.9 Å². The lowest BCUT2D eigenvalue weighted by Gasteiger charge is -2.30. The summed E-state index contributed by atoms with van der Waals surface area (Å²) in [5, 5.41) is 14.2. The zero-order valence-electron chi connectivity index (χ0n) is 21.0. The molecule has 40 heavy (non-hydrogen) atoms. The van der Waals surface area contributed by atoms with Gasteiger partial charge in [-0.15, -0.1) is 0 Å². The van der Waals surface area contributed by atoms with Gasteiger partial charge in [0.1, 0.15) is 0 Å². The van der Waals surface area contributed by atoms with Gasteiger partial charge < -0.3 is 24.7 Å². The quantitative estimate of drug-likeness (QED) is 0.505. The summed E-state index contributed by atoms with van der Waals surface area (Å²) in [6, 6.07) is 5.88. The van der Waals surface area contributed by atoms with E-state index in [9.17, 15) is 30.7 Å². The second kappa shape index (κ2) is 13.6. The molecule has 2 aromatic rings. The highest BCUT2D eigenvalue weighted by atomic mass is 19.4. The molecule has 0 aromatic carbocycles. The number of alkyl halides is 6. The third-order valence-electron chi connectivity index (χ3n) is 6.04. The highest BCUT2D eigenvalue weighted by Crippen LogP contribution is 2.44. The van der Waals surface area contributed by atoms with Crippen molar-refractivity contribution in [2.24, 2.45) is 11.3 Å². The summed E-state index contributed by atoms with van der Waals surface area (Å²) in [4.78, 5) is 35.0. The van der Waals surface area contributed by atoms with E-state index in [1.165, 1.54) is 12.4 Å². The van der Waals surface area contributed by atoms with Crippen molar-refractivity contribution in [2.45, 2.75) is 25.4 Å². The molecule has 1 spiro atoms. The zero-order chi connectivity index (χ0) is 30.1. The van der Waals surface area contributed by atoms with Gasteiger partial charge in [0.25, 0.3) is 0 Å². The third kappa shape index (κ3) is 9.86. The minimum absolute atomic E-state index is 0.177. The number of nitrogens with zero attached hydrogens (tertiary/aromatic N) is 5. The summed E-state index contributed by atoms with van der Waals surface area (Å²) in [5.41, 5.74) is 1.14. The molecule has 0 radical (unpaired) electrons. The molecule has 2 fully saturated rings. The number of aromatic nitrogens is 3. The molecule has 17 heteroatoms. The number of aliphatic carboxylic acids is 2. The lowest BCUT2D eigenvalue weighted by atomic mass is 9.77. The van der Waals surface area contributed by atoms with Gasteiger partial charge in [0.2, 0.25) is 5.95 Å². The van der Waals surface area contributed by atoms with E-state index in [1.807, 2.05) is 18.2 Å². The van der Waals surface area contributed by atoms with Gasteiger partial charge in [0, 0.05) is 43.7 Å².